The molecule has 0 aliphatic heterocycles. The second kappa shape index (κ2) is 6.30. The molecule has 0 amide bonds. The van der Waals surface area contributed by atoms with Crippen LogP contribution in [0.15, 0.2) is 23.1 Å². The summed E-state index contributed by atoms with van der Waals surface area (Å²) in [7, 11) is -4.19. The number of nitrogens with one attached hydrogen (secondary N) is 1. The average Bonchev–Trinajstić information content (AvgIpc) is 2.26. The minimum absolute atomic E-state index is 0.0636. The van der Waals surface area contributed by atoms with E-state index in [-0.39, 0.29) is 12.5 Å². The van der Waals surface area contributed by atoms with E-state index in [1.165, 1.54) is 0 Å². The first-order valence-corrected chi connectivity index (χ1v) is 7.40. The maximum absolute atomic E-state index is 12.6. The fourth-order valence-corrected chi connectivity index (χ4v) is 2.28. The van der Waals surface area contributed by atoms with Gasteiger partial charge in [0.05, 0.1) is 22.1 Å². The molecule has 0 saturated heterocycles. The van der Waals surface area contributed by atoms with E-state index in [1.807, 2.05) is 0 Å². The van der Waals surface area contributed by atoms with Crippen LogP contribution in [0.1, 0.15) is 19.4 Å². The highest BCUT2D eigenvalue weighted by Crippen LogP contribution is 2.35. The summed E-state index contributed by atoms with van der Waals surface area (Å²) in [5, 5.41) is -0.570. The fourth-order valence-electron chi connectivity index (χ4n) is 1.22. The van der Waals surface area contributed by atoms with E-state index in [0.717, 1.165) is 12.1 Å². The van der Waals surface area contributed by atoms with E-state index in [9.17, 15) is 21.6 Å². The van der Waals surface area contributed by atoms with Crippen LogP contribution in [0.2, 0.25) is 5.02 Å². The van der Waals surface area contributed by atoms with E-state index in [2.05, 4.69) is 0 Å². The summed E-state index contributed by atoms with van der Waals surface area (Å²) in [5.41, 5.74) is -1.22. The van der Waals surface area contributed by atoms with Crippen molar-refractivity contribution in [2.45, 2.75) is 24.9 Å². The number of hydrogen-bond acceptors (Lipinski definition) is 3. The SMILES string of the molecule is CC(C)CONS(=O)(=O)c1ccc(Cl)c(C(F)(F)F)c1. The van der Waals surface area contributed by atoms with E-state index in [1.54, 1.807) is 18.7 Å². The standard InChI is InChI=1S/C11H13ClF3NO3S/c1-7(2)6-19-16-20(17,18)8-3-4-10(12)9(5-8)11(13,14)15/h3-5,7,16H,6H2,1-2H3. The minimum atomic E-state index is -4.73. The van der Waals surface area contributed by atoms with Gasteiger partial charge in [0, 0.05) is 0 Å². The lowest BCUT2D eigenvalue weighted by Crippen LogP contribution is -2.26. The number of hydrogen-bond donors (Lipinski definition) is 1. The number of sulfonamides is 1. The number of alkyl halides is 3. The number of rotatable bonds is 5. The Morgan fingerprint density at radius 2 is 1.95 bits per heavy atom. The van der Waals surface area contributed by atoms with E-state index >= 15 is 0 Å². The van der Waals surface area contributed by atoms with E-state index < -0.39 is 31.7 Å². The molecule has 1 aromatic carbocycles. The summed E-state index contributed by atoms with van der Waals surface area (Å²) in [6.07, 6.45) is -4.73. The van der Waals surface area contributed by atoms with Crippen LogP contribution in [0.3, 0.4) is 0 Å². The molecular weight excluding hydrogens is 319 g/mol. The zero-order valence-corrected chi connectivity index (χ0v) is 12.2. The maximum Gasteiger partial charge on any atom is 0.417 e. The molecule has 1 rings (SSSR count). The Kier molecular flexibility index (Phi) is 5.42. The van der Waals surface area contributed by atoms with Crippen LogP contribution in [-0.4, -0.2) is 15.0 Å². The molecule has 0 bridgehead atoms. The lowest BCUT2D eigenvalue weighted by molar-refractivity contribution is -0.137. The van der Waals surface area contributed by atoms with Crippen molar-refractivity contribution in [3.63, 3.8) is 0 Å². The Labute approximate surface area is 119 Å². The fraction of sp³-hybridized carbons (Fsp3) is 0.455. The van der Waals surface area contributed by atoms with Crippen LogP contribution in [0.4, 0.5) is 13.2 Å². The molecule has 0 aromatic heterocycles. The van der Waals surface area contributed by atoms with Gasteiger partial charge < -0.3 is 0 Å². The molecule has 1 N–H and O–H groups in total. The first-order valence-electron chi connectivity index (χ1n) is 5.54. The molecule has 0 saturated carbocycles. The van der Waals surface area contributed by atoms with Gasteiger partial charge in [0.1, 0.15) is 0 Å². The highest BCUT2D eigenvalue weighted by atomic mass is 35.5. The monoisotopic (exact) mass is 331 g/mol. The van der Waals surface area contributed by atoms with Gasteiger partial charge in [-0.05, 0) is 24.1 Å². The molecule has 114 valence electrons. The van der Waals surface area contributed by atoms with E-state index in [0.29, 0.717) is 6.07 Å². The van der Waals surface area contributed by atoms with Crippen LogP contribution < -0.4 is 4.89 Å². The van der Waals surface area contributed by atoms with Crippen LogP contribution in [0, 0.1) is 5.92 Å². The third-order valence-corrected chi connectivity index (χ3v) is 3.68. The average molecular weight is 332 g/mol. The molecule has 0 radical (unpaired) electrons. The molecule has 0 spiro atoms. The Bertz CT molecular complexity index is 573. The first-order chi connectivity index (χ1) is 9.04. The van der Waals surface area contributed by atoms with Gasteiger partial charge >= 0.3 is 6.18 Å². The van der Waals surface area contributed by atoms with Gasteiger partial charge in [-0.2, -0.15) is 13.2 Å². The van der Waals surface area contributed by atoms with Crippen molar-refractivity contribution >= 4 is 21.6 Å². The summed E-state index contributed by atoms with van der Waals surface area (Å²) >= 11 is 5.41. The number of halogens is 4. The van der Waals surface area contributed by atoms with Gasteiger partial charge in [0.15, 0.2) is 0 Å². The molecular formula is C11H13ClF3NO3S. The summed E-state index contributed by atoms with van der Waals surface area (Å²) < 4.78 is 61.4. The molecule has 4 nitrogen and oxygen atoms in total. The maximum atomic E-state index is 12.6. The summed E-state index contributed by atoms with van der Waals surface area (Å²) in [5.74, 6) is 0.0636. The topological polar surface area (TPSA) is 55.4 Å². The van der Waals surface area contributed by atoms with Crippen molar-refractivity contribution in [3.05, 3.63) is 28.8 Å². The molecule has 0 aliphatic rings. The second-order valence-corrected chi connectivity index (χ2v) is 6.48. The van der Waals surface area contributed by atoms with Gasteiger partial charge in [-0.25, -0.2) is 8.42 Å². The predicted octanol–water partition coefficient (Wildman–Crippen LogP) is 3.22. The van der Waals surface area contributed by atoms with Crippen LogP contribution >= 0.6 is 11.6 Å². The second-order valence-electron chi connectivity index (χ2n) is 4.43. The van der Waals surface area contributed by atoms with Gasteiger partial charge in [0.2, 0.25) is 0 Å². The smallest absolute Gasteiger partial charge is 0.287 e. The highest BCUT2D eigenvalue weighted by molar-refractivity contribution is 7.89. The summed E-state index contributed by atoms with van der Waals surface area (Å²) in [6.45, 7) is 3.68. The first kappa shape index (κ1) is 17.2. The predicted molar refractivity (Wildman–Crippen MR) is 67.6 cm³/mol. The third-order valence-electron chi connectivity index (χ3n) is 2.14. The minimum Gasteiger partial charge on any atom is -0.287 e. The molecule has 0 aliphatic carbocycles. The lowest BCUT2D eigenvalue weighted by atomic mass is 10.2. The zero-order valence-electron chi connectivity index (χ0n) is 10.7. The molecule has 0 unspecified atom stereocenters. The summed E-state index contributed by atoms with van der Waals surface area (Å²) in [4.78, 5) is 5.91. The van der Waals surface area contributed by atoms with Crippen molar-refractivity contribution in [2.75, 3.05) is 6.61 Å². The Balaban J connectivity index is 3.02. The van der Waals surface area contributed by atoms with Crippen molar-refractivity contribution in [2.24, 2.45) is 5.92 Å². The van der Waals surface area contributed by atoms with Gasteiger partial charge in [-0.1, -0.05) is 30.3 Å². The van der Waals surface area contributed by atoms with Gasteiger partial charge in [-0.3, -0.25) is 4.84 Å². The zero-order chi connectivity index (χ0) is 15.6. The van der Waals surface area contributed by atoms with Crippen LogP contribution in [-0.2, 0) is 21.0 Å². The van der Waals surface area contributed by atoms with Crippen molar-refractivity contribution < 1.29 is 26.4 Å². The lowest BCUT2D eigenvalue weighted by Gasteiger charge is -2.12. The quantitative estimate of drug-likeness (QED) is 0.843. The van der Waals surface area contributed by atoms with Crippen LogP contribution in [0.5, 0.6) is 0 Å². The Hall–Kier alpha value is -0.830. The number of benzene rings is 1. The highest BCUT2D eigenvalue weighted by Gasteiger charge is 2.34. The van der Waals surface area contributed by atoms with Crippen LogP contribution in [0.25, 0.3) is 0 Å². The van der Waals surface area contributed by atoms with Crippen molar-refractivity contribution in [1.29, 1.82) is 0 Å². The third kappa shape index (κ3) is 4.62. The molecule has 0 heterocycles. The Morgan fingerprint density at radius 3 is 2.45 bits per heavy atom. The Morgan fingerprint density at radius 1 is 1.35 bits per heavy atom. The molecule has 0 fully saturated rings. The van der Waals surface area contributed by atoms with Gasteiger partial charge in [0.25, 0.3) is 10.0 Å². The molecule has 1 aromatic rings. The largest absolute Gasteiger partial charge is 0.417 e. The molecule has 9 heteroatoms. The van der Waals surface area contributed by atoms with Crippen molar-refractivity contribution in [3.8, 4) is 0 Å². The summed E-state index contributed by atoms with van der Waals surface area (Å²) in [6, 6.07) is 2.31. The van der Waals surface area contributed by atoms with E-state index in [4.69, 9.17) is 16.4 Å². The molecule has 20 heavy (non-hydrogen) atoms. The van der Waals surface area contributed by atoms with Crippen molar-refractivity contribution in [1.82, 2.24) is 4.89 Å². The molecule has 0 atom stereocenters. The van der Waals surface area contributed by atoms with Gasteiger partial charge in [-0.15, -0.1) is 0 Å². The normalized spacial score (nSPS) is 12.9.